The van der Waals surface area contributed by atoms with Crippen LogP contribution in [0.5, 0.6) is 5.75 Å². The highest BCUT2D eigenvalue weighted by Crippen LogP contribution is 2.35. The fourth-order valence-corrected chi connectivity index (χ4v) is 3.63. The minimum Gasteiger partial charge on any atom is -0.495 e. The van der Waals surface area contributed by atoms with Crippen molar-refractivity contribution >= 4 is 43.4 Å². The zero-order valence-corrected chi connectivity index (χ0v) is 14.2. The van der Waals surface area contributed by atoms with Gasteiger partial charge in [-0.15, -0.1) is 0 Å². The van der Waals surface area contributed by atoms with Crippen molar-refractivity contribution in [2.75, 3.05) is 12.4 Å². The Morgan fingerprint density at radius 1 is 1.21 bits per heavy atom. The van der Waals surface area contributed by atoms with E-state index < -0.39 is 0 Å². The summed E-state index contributed by atoms with van der Waals surface area (Å²) in [6, 6.07) is 8.36. The van der Waals surface area contributed by atoms with E-state index in [2.05, 4.69) is 15.3 Å². The van der Waals surface area contributed by atoms with Gasteiger partial charge in [-0.1, -0.05) is 11.3 Å². The Bertz CT molecular complexity index is 1070. The maximum absolute atomic E-state index is 13.5. The van der Waals surface area contributed by atoms with Crippen molar-refractivity contribution < 1.29 is 9.13 Å². The van der Waals surface area contributed by atoms with Crippen molar-refractivity contribution in [3.8, 4) is 5.75 Å². The molecule has 0 saturated heterocycles. The molecule has 0 fully saturated rings. The van der Waals surface area contributed by atoms with Gasteiger partial charge in [0, 0.05) is 13.1 Å². The van der Waals surface area contributed by atoms with Crippen molar-refractivity contribution in [2.24, 2.45) is 7.05 Å². The molecule has 0 atom stereocenters. The molecule has 4 rings (SSSR count). The molecule has 0 spiro atoms. The number of nitrogens with one attached hydrogen (secondary N) is 1. The summed E-state index contributed by atoms with van der Waals surface area (Å²) in [5, 5.41) is 3.84. The van der Waals surface area contributed by atoms with Crippen LogP contribution in [0.3, 0.4) is 0 Å². The zero-order chi connectivity index (χ0) is 16.8. The summed E-state index contributed by atoms with van der Waals surface area (Å²) in [7, 11) is 3.53. The van der Waals surface area contributed by atoms with E-state index in [-0.39, 0.29) is 5.82 Å². The first-order valence-corrected chi connectivity index (χ1v) is 8.21. The Hall–Kier alpha value is -2.67. The number of anilines is 2. The number of ether oxygens (including phenoxy) is 1. The number of benzene rings is 2. The predicted molar refractivity (Wildman–Crippen MR) is 94.9 cm³/mol. The molecule has 0 unspecified atom stereocenters. The molecule has 7 heteroatoms. The van der Waals surface area contributed by atoms with E-state index in [1.165, 1.54) is 23.5 Å². The number of methoxy groups -OCH3 is 1. The molecule has 5 nitrogen and oxygen atoms in total. The largest absolute Gasteiger partial charge is 0.495 e. The molecule has 4 aromatic rings. The summed E-state index contributed by atoms with van der Waals surface area (Å²) >= 11 is 1.51. The summed E-state index contributed by atoms with van der Waals surface area (Å²) in [6.45, 7) is 1.97. The van der Waals surface area contributed by atoms with Gasteiger partial charge in [0.1, 0.15) is 22.9 Å². The fraction of sp³-hybridized carbons (Fsp3) is 0.176. The van der Waals surface area contributed by atoms with Crippen LogP contribution in [0, 0.1) is 12.7 Å². The first kappa shape index (κ1) is 14.9. The average Bonchev–Trinajstić information content (AvgIpc) is 3.08. The summed E-state index contributed by atoms with van der Waals surface area (Å²) in [6.07, 6.45) is 0. The molecular weight excluding hydrogens is 327 g/mol. The van der Waals surface area contributed by atoms with E-state index in [4.69, 9.17) is 4.74 Å². The van der Waals surface area contributed by atoms with Gasteiger partial charge >= 0.3 is 0 Å². The van der Waals surface area contributed by atoms with Gasteiger partial charge in [0.25, 0.3) is 0 Å². The number of rotatable bonds is 3. The summed E-state index contributed by atoms with van der Waals surface area (Å²) in [4.78, 5) is 9.22. The third kappa shape index (κ3) is 2.28. The van der Waals surface area contributed by atoms with Crippen LogP contribution in [0.4, 0.5) is 15.2 Å². The highest BCUT2D eigenvalue weighted by molar-refractivity contribution is 7.22. The summed E-state index contributed by atoms with van der Waals surface area (Å²) < 4.78 is 21.9. The molecular formula is C17H15FN4OS. The normalized spacial score (nSPS) is 11.3. The third-order valence-electron chi connectivity index (χ3n) is 4.02. The number of fused-ring (bicyclic) bond motifs is 3. The van der Waals surface area contributed by atoms with Gasteiger partial charge in [-0.2, -0.15) is 0 Å². The number of aromatic nitrogens is 3. The second-order valence-corrected chi connectivity index (χ2v) is 6.52. The van der Waals surface area contributed by atoms with Crippen molar-refractivity contribution in [1.29, 1.82) is 0 Å². The number of imidazole rings is 1. The minimum absolute atomic E-state index is 0.330. The topological polar surface area (TPSA) is 52.0 Å². The molecule has 1 N–H and O–H groups in total. The molecule has 0 aliphatic rings. The van der Waals surface area contributed by atoms with Gasteiger partial charge in [-0.3, -0.25) is 0 Å². The Kier molecular flexibility index (Phi) is 3.38. The zero-order valence-electron chi connectivity index (χ0n) is 13.4. The van der Waals surface area contributed by atoms with E-state index >= 15 is 0 Å². The first-order valence-electron chi connectivity index (χ1n) is 7.40. The first-order chi connectivity index (χ1) is 11.6. The van der Waals surface area contributed by atoms with Gasteiger partial charge in [0.15, 0.2) is 5.13 Å². The van der Waals surface area contributed by atoms with Crippen LogP contribution in [0.2, 0.25) is 0 Å². The SMILES string of the molecule is COc1ccc(F)cc1Nc1nc2c(ccc3nc(C)n(C)c32)s1. The number of halogens is 1. The molecule has 0 amide bonds. The van der Waals surface area contributed by atoms with E-state index in [0.717, 1.165) is 27.1 Å². The number of hydrogen-bond donors (Lipinski definition) is 1. The summed E-state index contributed by atoms with van der Waals surface area (Å²) in [5.74, 6) is 1.17. The van der Waals surface area contributed by atoms with E-state index in [0.29, 0.717) is 16.6 Å². The number of aryl methyl sites for hydroxylation is 2. The lowest BCUT2D eigenvalue weighted by Crippen LogP contribution is -1.95. The minimum atomic E-state index is -0.330. The standard InChI is InChI=1S/C17H15FN4OS/c1-9-19-11-5-7-14-15(16(11)22(9)2)21-17(24-14)20-12-8-10(18)4-6-13(12)23-3/h4-8H,1-3H3,(H,20,21). The van der Waals surface area contributed by atoms with Gasteiger partial charge in [0.2, 0.25) is 0 Å². The Morgan fingerprint density at radius 3 is 2.83 bits per heavy atom. The molecule has 122 valence electrons. The Labute approximate surface area is 141 Å². The molecule has 24 heavy (non-hydrogen) atoms. The van der Waals surface area contributed by atoms with Crippen LogP contribution >= 0.6 is 11.3 Å². The van der Waals surface area contributed by atoms with E-state index in [1.807, 2.05) is 30.7 Å². The molecule has 2 aromatic heterocycles. The smallest absolute Gasteiger partial charge is 0.188 e. The summed E-state index contributed by atoms with van der Waals surface area (Å²) in [5.41, 5.74) is 3.36. The number of thiazole rings is 1. The van der Waals surface area contributed by atoms with Crippen molar-refractivity contribution in [3.05, 3.63) is 42.0 Å². The maximum atomic E-state index is 13.5. The van der Waals surface area contributed by atoms with Gasteiger partial charge in [-0.05, 0) is 31.2 Å². The van der Waals surface area contributed by atoms with Crippen molar-refractivity contribution in [1.82, 2.24) is 14.5 Å². The third-order valence-corrected chi connectivity index (χ3v) is 4.96. The van der Waals surface area contributed by atoms with Crippen LogP contribution in [0.15, 0.2) is 30.3 Å². The van der Waals surface area contributed by atoms with E-state index in [1.54, 1.807) is 13.2 Å². The van der Waals surface area contributed by atoms with E-state index in [9.17, 15) is 4.39 Å². The maximum Gasteiger partial charge on any atom is 0.188 e. The van der Waals surface area contributed by atoms with Gasteiger partial charge in [-0.25, -0.2) is 14.4 Å². The molecule has 2 heterocycles. The van der Waals surface area contributed by atoms with Crippen LogP contribution in [-0.4, -0.2) is 21.6 Å². The van der Waals surface area contributed by atoms with Gasteiger partial charge < -0.3 is 14.6 Å². The average molecular weight is 342 g/mol. The van der Waals surface area contributed by atoms with Crippen LogP contribution < -0.4 is 10.1 Å². The second-order valence-electron chi connectivity index (χ2n) is 5.49. The molecule has 0 saturated carbocycles. The second kappa shape index (κ2) is 5.45. The highest BCUT2D eigenvalue weighted by Gasteiger charge is 2.14. The quantitative estimate of drug-likeness (QED) is 0.600. The molecule has 0 aliphatic heterocycles. The van der Waals surface area contributed by atoms with Crippen LogP contribution in [0.25, 0.3) is 21.3 Å². The Morgan fingerprint density at radius 2 is 2.04 bits per heavy atom. The Balaban J connectivity index is 1.84. The number of hydrogen-bond acceptors (Lipinski definition) is 5. The highest BCUT2D eigenvalue weighted by atomic mass is 32.1. The van der Waals surface area contributed by atoms with Crippen molar-refractivity contribution in [2.45, 2.75) is 6.92 Å². The van der Waals surface area contributed by atoms with Crippen LogP contribution in [-0.2, 0) is 7.05 Å². The van der Waals surface area contributed by atoms with Crippen molar-refractivity contribution in [3.63, 3.8) is 0 Å². The molecule has 0 bridgehead atoms. The lowest BCUT2D eigenvalue weighted by molar-refractivity contribution is 0.416. The molecule has 0 aliphatic carbocycles. The fourth-order valence-electron chi connectivity index (χ4n) is 2.75. The van der Waals surface area contributed by atoms with Gasteiger partial charge in [0.05, 0.1) is 28.5 Å². The monoisotopic (exact) mass is 342 g/mol. The lowest BCUT2D eigenvalue weighted by Gasteiger charge is -2.08. The molecule has 2 aromatic carbocycles. The predicted octanol–water partition coefficient (Wildman–Crippen LogP) is 4.38. The molecule has 0 radical (unpaired) electrons. The van der Waals surface area contributed by atoms with Crippen LogP contribution in [0.1, 0.15) is 5.82 Å². The number of nitrogens with zero attached hydrogens (tertiary/aromatic N) is 3. The lowest BCUT2D eigenvalue weighted by atomic mass is 10.3.